The summed E-state index contributed by atoms with van der Waals surface area (Å²) in [5.41, 5.74) is 3.70. The molecule has 24 heavy (non-hydrogen) atoms. The minimum Gasteiger partial charge on any atom is -0.491 e. The third-order valence-corrected chi connectivity index (χ3v) is 4.02. The number of benzene rings is 2. The first-order chi connectivity index (χ1) is 11.5. The maximum absolute atomic E-state index is 12.0. The van der Waals surface area contributed by atoms with Gasteiger partial charge in [0.05, 0.1) is 25.0 Å². The number of halogens is 2. The van der Waals surface area contributed by atoms with Crippen molar-refractivity contribution in [3.63, 3.8) is 0 Å². The normalized spacial score (nSPS) is 10.7. The van der Waals surface area contributed by atoms with Gasteiger partial charge in [0.2, 0.25) is 0 Å². The van der Waals surface area contributed by atoms with Gasteiger partial charge in [-0.2, -0.15) is 5.10 Å². The molecule has 0 aliphatic rings. The van der Waals surface area contributed by atoms with Crippen molar-refractivity contribution < 1.29 is 14.3 Å². The summed E-state index contributed by atoms with van der Waals surface area (Å²) in [6.45, 7) is 2.35. The Bertz CT molecular complexity index is 748. The predicted octanol–water partition coefficient (Wildman–Crippen LogP) is 4.12. The van der Waals surface area contributed by atoms with Crippen molar-refractivity contribution in [2.75, 3.05) is 13.7 Å². The monoisotopic (exact) mass is 458 g/mol. The van der Waals surface area contributed by atoms with Crippen molar-refractivity contribution in [1.29, 1.82) is 0 Å². The Morgan fingerprint density at radius 3 is 2.67 bits per heavy atom. The molecule has 0 aliphatic carbocycles. The van der Waals surface area contributed by atoms with Crippen LogP contribution in [0.2, 0.25) is 5.02 Å². The molecule has 0 aliphatic heterocycles. The van der Waals surface area contributed by atoms with Gasteiger partial charge in [0.1, 0.15) is 0 Å². The highest BCUT2D eigenvalue weighted by atomic mass is 127. The lowest BCUT2D eigenvalue weighted by Crippen LogP contribution is -2.17. The second-order valence-corrected chi connectivity index (χ2v) is 6.33. The second-order valence-electron chi connectivity index (χ2n) is 4.67. The number of methoxy groups -OCH3 is 1. The molecule has 0 aromatic heterocycles. The zero-order valence-electron chi connectivity index (χ0n) is 13.2. The third kappa shape index (κ3) is 4.85. The van der Waals surface area contributed by atoms with E-state index in [1.54, 1.807) is 24.3 Å². The van der Waals surface area contributed by atoms with E-state index >= 15 is 0 Å². The largest absolute Gasteiger partial charge is 0.491 e. The molecule has 0 spiro atoms. The van der Waals surface area contributed by atoms with E-state index in [1.165, 1.54) is 13.3 Å². The second kappa shape index (κ2) is 8.89. The summed E-state index contributed by atoms with van der Waals surface area (Å²) >= 11 is 8.35. The van der Waals surface area contributed by atoms with E-state index in [9.17, 15) is 4.79 Å². The number of carbonyl (C=O) groups is 1. The quantitative estimate of drug-likeness (QED) is 0.402. The summed E-state index contributed by atoms with van der Waals surface area (Å²) in [4.78, 5) is 12.0. The average molecular weight is 459 g/mol. The standard InChI is InChI=1S/C17H16ClIN2O3/c1-3-24-15-9-11(8-14(18)16(15)23-2)10-20-21-17(22)12-4-6-13(19)7-5-12/h4-10H,3H2,1-2H3,(H,21,22)/b20-10-. The molecule has 0 saturated carbocycles. The lowest BCUT2D eigenvalue weighted by atomic mass is 10.2. The Balaban J connectivity index is 2.11. The minimum absolute atomic E-state index is 0.285. The van der Waals surface area contributed by atoms with Crippen molar-refractivity contribution in [2.45, 2.75) is 6.92 Å². The van der Waals surface area contributed by atoms with Gasteiger partial charge >= 0.3 is 0 Å². The Labute approximate surface area is 159 Å². The lowest BCUT2D eigenvalue weighted by molar-refractivity contribution is 0.0955. The highest BCUT2D eigenvalue weighted by molar-refractivity contribution is 14.1. The first-order valence-corrected chi connectivity index (χ1v) is 8.60. The Hall–Kier alpha value is -1.80. The number of hydrogen-bond acceptors (Lipinski definition) is 4. The summed E-state index contributed by atoms with van der Waals surface area (Å²) in [6, 6.07) is 10.6. The predicted molar refractivity (Wildman–Crippen MR) is 103 cm³/mol. The summed E-state index contributed by atoms with van der Waals surface area (Å²) < 4.78 is 11.8. The van der Waals surface area contributed by atoms with Gasteiger partial charge in [-0.3, -0.25) is 4.79 Å². The molecule has 7 heteroatoms. The Morgan fingerprint density at radius 2 is 2.04 bits per heavy atom. The summed E-state index contributed by atoms with van der Waals surface area (Å²) in [5.74, 6) is 0.712. The van der Waals surface area contributed by atoms with Crippen LogP contribution in [-0.2, 0) is 0 Å². The van der Waals surface area contributed by atoms with Crippen molar-refractivity contribution in [3.05, 3.63) is 56.1 Å². The smallest absolute Gasteiger partial charge is 0.271 e. The van der Waals surface area contributed by atoms with E-state index in [4.69, 9.17) is 21.1 Å². The molecule has 0 saturated heterocycles. The van der Waals surface area contributed by atoms with E-state index in [1.807, 2.05) is 19.1 Å². The topological polar surface area (TPSA) is 59.9 Å². The van der Waals surface area contributed by atoms with Crippen LogP contribution in [0.4, 0.5) is 0 Å². The van der Waals surface area contributed by atoms with Gasteiger partial charge in [-0.05, 0) is 71.5 Å². The molecule has 2 rings (SSSR count). The Kier molecular flexibility index (Phi) is 6.86. The summed E-state index contributed by atoms with van der Waals surface area (Å²) in [5, 5.41) is 4.37. The molecule has 1 amide bonds. The molecule has 2 aromatic rings. The first-order valence-electron chi connectivity index (χ1n) is 7.14. The molecule has 2 aromatic carbocycles. The van der Waals surface area contributed by atoms with E-state index in [0.29, 0.717) is 34.3 Å². The molecule has 0 radical (unpaired) electrons. The molecule has 5 nitrogen and oxygen atoms in total. The number of hydrazone groups is 1. The first kappa shape index (κ1) is 18.5. The number of amides is 1. The average Bonchev–Trinajstić information content (AvgIpc) is 2.55. The number of rotatable bonds is 6. The molecule has 126 valence electrons. The summed E-state index contributed by atoms with van der Waals surface area (Å²) in [7, 11) is 1.53. The van der Waals surface area contributed by atoms with E-state index in [2.05, 4.69) is 33.1 Å². The van der Waals surface area contributed by atoms with Gasteiger partial charge in [0.25, 0.3) is 5.91 Å². The van der Waals surface area contributed by atoms with Gasteiger partial charge in [-0.25, -0.2) is 5.43 Å². The third-order valence-electron chi connectivity index (χ3n) is 3.02. The van der Waals surface area contributed by atoms with Gasteiger partial charge in [0, 0.05) is 9.13 Å². The van der Waals surface area contributed by atoms with Crippen molar-refractivity contribution in [3.8, 4) is 11.5 Å². The molecular weight excluding hydrogens is 443 g/mol. The van der Waals surface area contributed by atoms with Crippen LogP contribution in [-0.4, -0.2) is 25.8 Å². The van der Waals surface area contributed by atoms with Crippen molar-refractivity contribution in [2.24, 2.45) is 5.10 Å². The van der Waals surface area contributed by atoms with Gasteiger partial charge < -0.3 is 9.47 Å². The van der Waals surface area contributed by atoms with E-state index in [-0.39, 0.29) is 5.91 Å². The highest BCUT2D eigenvalue weighted by Gasteiger charge is 2.11. The van der Waals surface area contributed by atoms with Crippen molar-refractivity contribution in [1.82, 2.24) is 5.43 Å². The molecule has 0 atom stereocenters. The molecule has 0 unspecified atom stereocenters. The number of hydrogen-bond donors (Lipinski definition) is 1. The minimum atomic E-state index is -0.285. The van der Waals surface area contributed by atoms with Crippen LogP contribution >= 0.6 is 34.2 Å². The Morgan fingerprint density at radius 1 is 1.33 bits per heavy atom. The number of carbonyl (C=O) groups excluding carboxylic acids is 1. The van der Waals surface area contributed by atoms with Crippen LogP contribution in [0, 0.1) is 3.57 Å². The van der Waals surface area contributed by atoms with Crippen LogP contribution < -0.4 is 14.9 Å². The fraction of sp³-hybridized carbons (Fsp3) is 0.176. The molecule has 0 fully saturated rings. The molecule has 0 bridgehead atoms. The SMILES string of the molecule is CCOc1cc(/C=N\NC(=O)c2ccc(I)cc2)cc(Cl)c1OC. The number of nitrogens with one attached hydrogen (secondary N) is 1. The van der Waals surface area contributed by atoms with Crippen LogP contribution in [0.25, 0.3) is 0 Å². The lowest BCUT2D eigenvalue weighted by Gasteiger charge is -2.11. The fourth-order valence-electron chi connectivity index (χ4n) is 1.95. The zero-order chi connectivity index (χ0) is 17.5. The van der Waals surface area contributed by atoms with Crippen LogP contribution in [0.15, 0.2) is 41.5 Å². The van der Waals surface area contributed by atoms with Crippen LogP contribution in [0.5, 0.6) is 11.5 Å². The highest BCUT2D eigenvalue weighted by Crippen LogP contribution is 2.35. The van der Waals surface area contributed by atoms with Gasteiger partial charge in [-0.15, -0.1) is 0 Å². The maximum Gasteiger partial charge on any atom is 0.271 e. The molecule has 1 N–H and O–H groups in total. The van der Waals surface area contributed by atoms with E-state index < -0.39 is 0 Å². The molecular formula is C17H16ClIN2O3. The van der Waals surface area contributed by atoms with Gasteiger partial charge in [0.15, 0.2) is 11.5 Å². The zero-order valence-corrected chi connectivity index (χ0v) is 16.1. The number of nitrogens with zero attached hydrogens (tertiary/aromatic N) is 1. The van der Waals surface area contributed by atoms with Crippen LogP contribution in [0.3, 0.4) is 0 Å². The van der Waals surface area contributed by atoms with Crippen LogP contribution in [0.1, 0.15) is 22.8 Å². The number of ether oxygens (including phenoxy) is 2. The molecule has 0 heterocycles. The maximum atomic E-state index is 12.0. The van der Waals surface area contributed by atoms with Crippen molar-refractivity contribution >= 4 is 46.3 Å². The van der Waals surface area contributed by atoms with Gasteiger partial charge in [-0.1, -0.05) is 11.6 Å². The van der Waals surface area contributed by atoms with E-state index in [0.717, 1.165) is 3.57 Å². The summed E-state index contributed by atoms with van der Waals surface area (Å²) in [6.07, 6.45) is 1.50. The fourth-order valence-corrected chi connectivity index (χ4v) is 2.61.